The van der Waals surface area contributed by atoms with Gasteiger partial charge in [0.1, 0.15) is 81.5 Å². The van der Waals surface area contributed by atoms with Crippen molar-refractivity contribution in [1.29, 1.82) is 0 Å². The van der Waals surface area contributed by atoms with Crippen LogP contribution >= 0.6 is 91.0 Å². The summed E-state index contributed by atoms with van der Waals surface area (Å²) in [7, 11) is 18.7. The summed E-state index contributed by atoms with van der Waals surface area (Å²) in [5.41, 5.74) is 8.35. The number of methoxy groups -OCH3 is 2. The van der Waals surface area contributed by atoms with Crippen molar-refractivity contribution in [3.8, 4) is 69.0 Å². The standard InChI is InChI=1S/C18H18ClNO4.C17H14ClNO3.2C17H14ClNO2.C17H12ClNO2.C14H11ClO3.C4H8O2.C4H9O.Al.Cl2OS.K.Li.Mg.6H/c1-20(12-18(22)23-2)17(21)11-13-10-14(19)8-9-16(13)24-15-6-4-3-5-7-15;1-19-10-14(20)16(17(19)21)13-9-11(18)7-8-15(13)22-12-5-3-2-4-6-12;3*1-19-9-13-11-4-2-3-5-14(11)21-15-7-6-10(18)8-12(15)16(13)17(19)20;15-11-6-7-13(10(8-11)9-14(16)17)18-12-4-2-1-3-5-12;1-3-4(5)6-2;1-4(2,3)5;;1-4(2)3;;;;;;;;;/h3-10H,11-12H2,1-2H3;2-9,16H,10H2,1H3;2*2-8,13,16H,9H2,1H3;2-8H,9H2,1H3;1-8H,9H2,(H,16,17);3H2,1-2H3;1-3H3;;;;;;;;;;;/q;;;;;;;-1;;;2*+1;+2;;;;3*-1/t;;13-,16+;13-,16-;;;;;;;;;;;;;;;/m..10.............../s1. The first-order chi connectivity index (χ1) is 67.7. The molecule has 19 rings (SSSR count). The molecule has 0 spiro atoms. The molecule has 7 aliphatic rings. The van der Waals surface area contributed by atoms with Gasteiger partial charge in [-0.2, -0.15) is 0 Å². The second kappa shape index (κ2) is 58.7. The van der Waals surface area contributed by atoms with E-state index in [1.54, 1.807) is 147 Å². The van der Waals surface area contributed by atoms with Crippen LogP contribution in [0.1, 0.15) is 118 Å². The number of amides is 5. The number of carboxylic acids is 1. The zero-order valence-electron chi connectivity index (χ0n) is 84.6. The van der Waals surface area contributed by atoms with Crippen molar-refractivity contribution < 1.29 is 170 Å². The molecule has 0 saturated carbocycles. The summed E-state index contributed by atoms with van der Waals surface area (Å²) in [6.45, 7) is 8.65. The molecule has 1 N–H and O–H groups in total. The van der Waals surface area contributed by atoms with Crippen LogP contribution in [0, 0.1) is 0 Å². The Labute approximate surface area is 975 Å². The van der Waals surface area contributed by atoms with Crippen LogP contribution in [-0.4, -0.2) is 215 Å². The van der Waals surface area contributed by atoms with Gasteiger partial charge in [-0.3, -0.25) is 43.2 Å². The van der Waals surface area contributed by atoms with E-state index in [9.17, 15) is 48.3 Å². The maximum Gasteiger partial charge on any atom is 2.00 e. The Bertz CT molecular complexity index is 6550. The van der Waals surface area contributed by atoms with Crippen LogP contribution in [0.15, 0.2) is 273 Å². The first-order valence-corrected chi connectivity index (χ1v) is 49.3. The van der Waals surface area contributed by atoms with E-state index in [-0.39, 0.29) is 206 Å². The van der Waals surface area contributed by atoms with E-state index in [1.807, 2.05) is 203 Å². The first kappa shape index (κ1) is 123. The molecule has 146 heavy (non-hydrogen) atoms. The number of likely N-dealkylation sites (N-methyl/N-ethyl adjacent to an activating group) is 5. The number of benzene rings is 12. The van der Waals surface area contributed by atoms with Crippen LogP contribution < -0.4 is 104 Å². The molecule has 38 heteroatoms. The number of hydrogen-bond donors (Lipinski definition) is 1. The molecule has 25 nitrogen and oxygen atoms in total. The predicted molar refractivity (Wildman–Crippen MR) is 570 cm³/mol. The van der Waals surface area contributed by atoms with E-state index in [0.717, 1.165) is 67.7 Å². The molecule has 7 aliphatic heterocycles. The first-order valence-electron chi connectivity index (χ1n) is 44.2. The maximum atomic E-state index is 12.6. The fourth-order valence-electron chi connectivity index (χ4n) is 16.0. The predicted octanol–water partition coefficient (Wildman–Crippen LogP) is 16.3. The van der Waals surface area contributed by atoms with Crippen LogP contribution in [0.5, 0.6) is 69.0 Å². The Kier molecular flexibility index (Phi) is 49.6. The Balaban J connectivity index is 0.000000359. The number of hydrogen-bond acceptors (Lipinski definition) is 19. The summed E-state index contributed by atoms with van der Waals surface area (Å²) >= 11 is 36.3. The molecule has 752 valence electrons. The number of rotatable bonds is 14. The average molecular weight is 2210 g/mol. The topological polar surface area (TPSA) is 304 Å². The molecule has 12 aromatic rings. The smallest absolute Gasteiger partial charge is 1.00 e. The molecule has 3 saturated heterocycles. The van der Waals surface area contributed by atoms with Gasteiger partial charge in [-0.05, 0) is 169 Å². The second-order valence-corrected chi connectivity index (χ2v) is 39.0. The van der Waals surface area contributed by atoms with Gasteiger partial charge in [-0.15, -0.1) is 5.60 Å². The van der Waals surface area contributed by atoms with E-state index in [2.05, 4.69) is 30.8 Å². The SMILES string of the molecule is CC(C)(C)[O-].CCC(=O)OC.CN1CC(=O)C(c2cc(Cl)ccc2Oc2ccccc2)C1=O.CN1CC2=C(C1=O)c1cc(Cl)ccc1Oc1ccccc12.CN1C[C@@H]2c3ccccc3Oc3ccc(Cl)cc3[C@@H]2C1=O.CN1C[C@H]2c3ccccc3Oc3ccc(Cl)cc3[C@@H]2C1=O.COC(=O)CN(C)C(=O)Cc1cc(Cl)ccc1Oc1ccccc1.O=C(O)Cc1cc(Cl)ccc1Oc1ccccc1.O=S(Cl)Cl.[AlH3].[H-].[H-].[H-].[K+].[Li+].[Mg+2]. The second-order valence-electron chi connectivity index (χ2n) is 33.8. The number of carbonyl (C=O) groups excluding carboxylic acids is 8. The zero-order valence-corrected chi connectivity index (χ0v) is 93.0. The van der Waals surface area contributed by atoms with Crippen LogP contribution in [0.25, 0.3) is 11.1 Å². The zero-order chi connectivity index (χ0) is 103. The van der Waals surface area contributed by atoms with E-state index < -0.39 is 32.7 Å². The maximum absolute atomic E-state index is 12.6. The monoisotopic (exact) mass is 2200 g/mol. The molecule has 7 heterocycles. The number of Topliss-reactive ketones (excluding diaryl/α,β-unsaturated/α-hetero) is 1. The fourth-order valence-corrected chi connectivity index (χ4v) is 17.1. The van der Waals surface area contributed by atoms with Gasteiger partial charge in [-0.25, -0.2) is 4.21 Å². The summed E-state index contributed by atoms with van der Waals surface area (Å²) in [5.74, 6) is 5.08. The molecule has 0 bridgehead atoms. The number of ether oxygens (including phenoxy) is 8. The molecule has 3 fully saturated rings. The number of likely N-dealkylation sites (tertiary alicyclic amines) is 3. The number of carbonyl (C=O) groups is 9. The normalized spacial score (nSPS) is 15.5. The number of carboxylic acid groups (broad SMARTS) is 1. The number of ketones is 1. The van der Waals surface area contributed by atoms with Crippen molar-refractivity contribution in [3.63, 3.8) is 0 Å². The van der Waals surface area contributed by atoms with E-state index >= 15 is 0 Å². The Morgan fingerprint density at radius 1 is 0.459 bits per heavy atom. The minimum Gasteiger partial charge on any atom is -1.00 e. The number of fused-ring (bicyclic) bond motifs is 14. The minimum absolute atomic E-state index is 0. The Morgan fingerprint density at radius 3 is 1.22 bits per heavy atom. The van der Waals surface area contributed by atoms with E-state index in [0.29, 0.717) is 119 Å². The summed E-state index contributed by atoms with van der Waals surface area (Å²) in [6, 6.07) is 82.8. The van der Waals surface area contributed by atoms with Crippen molar-refractivity contribution in [2.24, 2.45) is 0 Å². The van der Waals surface area contributed by atoms with E-state index in [1.165, 1.54) is 24.0 Å². The molecular formula is C108H106AlCl8KLiMgN5O20S. The van der Waals surface area contributed by atoms with E-state index in [4.69, 9.17) is 107 Å². The third-order valence-corrected chi connectivity index (χ3v) is 23.8. The van der Waals surface area contributed by atoms with Crippen molar-refractivity contribution in [3.05, 3.63) is 353 Å². The minimum atomic E-state index is -1.67. The molecule has 1 unspecified atom stereocenters. The Morgan fingerprint density at radius 2 is 0.808 bits per heavy atom. The molecule has 0 aliphatic carbocycles. The summed E-state index contributed by atoms with van der Waals surface area (Å²) in [5, 5.41) is 22.3. The van der Waals surface area contributed by atoms with Gasteiger partial charge in [0.05, 0.1) is 51.0 Å². The fraction of sp³-hybridized carbons (Fsp3) is 0.231. The van der Waals surface area contributed by atoms with Gasteiger partial charge >= 0.3 is 111 Å². The van der Waals surface area contributed by atoms with Gasteiger partial charge in [0.25, 0.3) is 5.91 Å². The third-order valence-electron chi connectivity index (χ3n) is 22.4. The van der Waals surface area contributed by atoms with Gasteiger partial charge < -0.3 is 76.9 Å². The number of esters is 2. The molecular weight excluding hydrogens is 2100 g/mol. The quantitative estimate of drug-likeness (QED) is 0.0457. The van der Waals surface area contributed by atoms with Crippen molar-refractivity contribution >= 4 is 205 Å². The Hall–Kier alpha value is -9.43. The van der Waals surface area contributed by atoms with Gasteiger partial charge in [0.15, 0.2) is 23.1 Å². The molecule has 5 amide bonds. The largest absolute Gasteiger partial charge is 2.00 e. The summed E-state index contributed by atoms with van der Waals surface area (Å²) in [6.07, 6.45) is 0.412. The number of para-hydroxylation sites is 6. The van der Waals surface area contributed by atoms with Crippen molar-refractivity contribution in [2.45, 2.75) is 82.1 Å². The van der Waals surface area contributed by atoms with Crippen LogP contribution in [-0.2, 0) is 74.7 Å². The van der Waals surface area contributed by atoms with Crippen LogP contribution in [0.4, 0.5) is 0 Å². The van der Waals surface area contributed by atoms with Crippen LogP contribution in [0.3, 0.4) is 0 Å². The van der Waals surface area contributed by atoms with Gasteiger partial charge in [-0.1, -0.05) is 206 Å². The third kappa shape index (κ3) is 34.6. The molecule has 5 atom stereocenters. The number of nitrogens with zero attached hydrogens (tertiary/aromatic N) is 5. The molecule has 12 aromatic carbocycles. The average Bonchev–Trinajstić information content (AvgIpc) is 1.61. The summed E-state index contributed by atoms with van der Waals surface area (Å²) in [4.78, 5) is 114. The van der Waals surface area contributed by atoms with Crippen LogP contribution in [0.2, 0.25) is 30.1 Å². The molecule has 0 aromatic heterocycles. The van der Waals surface area contributed by atoms with Crippen molar-refractivity contribution in [1.82, 2.24) is 24.5 Å². The molecule has 0 radical (unpaired) electrons. The number of aliphatic carboxylic acids is 1. The summed E-state index contributed by atoms with van der Waals surface area (Å²) < 4.78 is 53.3. The van der Waals surface area contributed by atoms with Gasteiger partial charge in [0, 0.05) is 175 Å². The van der Waals surface area contributed by atoms with Crippen molar-refractivity contribution in [2.75, 3.05) is 82.2 Å². The number of halogens is 8. The van der Waals surface area contributed by atoms with Gasteiger partial charge in [0.2, 0.25) is 32.9 Å².